The highest BCUT2D eigenvalue weighted by molar-refractivity contribution is 5.79. The van der Waals surface area contributed by atoms with Gasteiger partial charge in [0.25, 0.3) is 0 Å². The quantitative estimate of drug-likeness (QED) is 0.804. The molecule has 6 nitrogen and oxygen atoms in total. The van der Waals surface area contributed by atoms with Crippen molar-refractivity contribution >= 4 is 5.91 Å². The molecule has 1 heterocycles. The number of carbonyl (C=O) groups is 1. The minimum atomic E-state index is -0.531. The lowest BCUT2D eigenvalue weighted by atomic mass is 9.91. The Morgan fingerprint density at radius 3 is 2.62 bits per heavy atom. The fourth-order valence-electron chi connectivity index (χ4n) is 4.03. The van der Waals surface area contributed by atoms with Crippen LogP contribution in [-0.4, -0.2) is 61.5 Å². The third-order valence-electron chi connectivity index (χ3n) is 5.38. The van der Waals surface area contributed by atoms with Crippen LogP contribution in [0.5, 0.6) is 11.5 Å². The first-order valence-electron chi connectivity index (χ1n) is 9.42. The lowest BCUT2D eigenvalue weighted by molar-refractivity contribution is -0.134. The van der Waals surface area contributed by atoms with Crippen molar-refractivity contribution < 1.29 is 24.1 Å². The molecule has 6 heteroatoms. The number of carbonyl (C=O) groups excluding carboxylic acids is 1. The van der Waals surface area contributed by atoms with Gasteiger partial charge in [0, 0.05) is 6.54 Å². The summed E-state index contributed by atoms with van der Waals surface area (Å²) < 4.78 is 16.8. The molecule has 3 atom stereocenters. The molecule has 1 aromatic carbocycles. The monoisotopic (exact) mass is 363 g/mol. The molecule has 26 heavy (non-hydrogen) atoms. The summed E-state index contributed by atoms with van der Waals surface area (Å²) in [7, 11) is 3.26. The second-order valence-electron chi connectivity index (χ2n) is 7.10. The second-order valence-corrected chi connectivity index (χ2v) is 7.10. The SMILES string of the molecule is COc1ccc(CCOC2CCCC[C@H]2N2CC(O)CC2=O)cc1OC. The lowest BCUT2D eigenvalue weighted by Crippen LogP contribution is -2.47. The highest BCUT2D eigenvalue weighted by atomic mass is 16.5. The van der Waals surface area contributed by atoms with Crippen LogP contribution in [0.2, 0.25) is 0 Å². The first kappa shape index (κ1) is 19.0. The van der Waals surface area contributed by atoms with Gasteiger partial charge >= 0.3 is 0 Å². The molecule has 1 aliphatic carbocycles. The molecule has 2 aliphatic rings. The zero-order valence-electron chi connectivity index (χ0n) is 15.6. The largest absolute Gasteiger partial charge is 0.493 e. The van der Waals surface area contributed by atoms with Gasteiger partial charge in [-0.25, -0.2) is 0 Å². The van der Waals surface area contributed by atoms with Gasteiger partial charge in [0.2, 0.25) is 5.91 Å². The van der Waals surface area contributed by atoms with E-state index in [1.165, 1.54) is 0 Å². The van der Waals surface area contributed by atoms with Crippen LogP contribution in [0.4, 0.5) is 0 Å². The molecule has 1 amide bonds. The van der Waals surface area contributed by atoms with Gasteiger partial charge in [0.15, 0.2) is 11.5 Å². The summed E-state index contributed by atoms with van der Waals surface area (Å²) in [5.74, 6) is 1.49. The number of likely N-dealkylation sites (tertiary alicyclic amines) is 1. The smallest absolute Gasteiger partial charge is 0.225 e. The molecule has 1 aliphatic heterocycles. The van der Waals surface area contributed by atoms with E-state index in [2.05, 4.69) is 0 Å². The maximum atomic E-state index is 12.1. The summed E-state index contributed by atoms with van der Waals surface area (Å²) in [4.78, 5) is 14.0. The maximum Gasteiger partial charge on any atom is 0.225 e. The molecule has 1 saturated heterocycles. The van der Waals surface area contributed by atoms with Crippen molar-refractivity contribution in [3.63, 3.8) is 0 Å². The molecular formula is C20H29NO5. The van der Waals surface area contributed by atoms with Crippen LogP contribution in [0.15, 0.2) is 18.2 Å². The number of rotatable bonds is 7. The summed E-state index contributed by atoms with van der Waals surface area (Å²) in [6, 6.07) is 5.99. The normalized spacial score (nSPS) is 26.2. The van der Waals surface area contributed by atoms with Crippen molar-refractivity contribution in [3.8, 4) is 11.5 Å². The maximum absolute atomic E-state index is 12.1. The van der Waals surface area contributed by atoms with Gasteiger partial charge in [-0.2, -0.15) is 0 Å². The fourth-order valence-corrected chi connectivity index (χ4v) is 4.03. The van der Waals surface area contributed by atoms with E-state index in [0.717, 1.165) is 49.2 Å². The van der Waals surface area contributed by atoms with Gasteiger partial charge in [0.05, 0.1) is 45.5 Å². The van der Waals surface area contributed by atoms with E-state index < -0.39 is 6.10 Å². The molecule has 3 rings (SSSR count). The Bertz CT molecular complexity index is 620. The van der Waals surface area contributed by atoms with Crippen LogP contribution in [0.1, 0.15) is 37.7 Å². The third kappa shape index (κ3) is 4.30. The molecule has 1 aromatic rings. The van der Waals surface area contributed by atoms with Crippen molar-refractivity contribution in [2.24, 2.45) is 0 Å². The lowest BCUT2D eigenvalue weighted by Gasteiger charge is -2.37. The third-order valence-corrected chi connectivity index (χ3v) is 5.38. The predicted octanol–water partition coefficient (Wildman–Crippen LogP) is 2.17. The number of hydrogen-bond donors (Lipinski definition) is 1. The van der Waals surface area contributed by atoms with E-state index in [1.54, 1.807) is 14.2 Å². The molecule has 1 N–H and O–H groups in total. The number of methoxy groups -OCH3 is 2. The molecule has 2 unspecified atom stereocenters. The Labute approximate surface area is 155 Å². The van der Waals surface area contributed by atoms with E-state index in [4.69, 9.17) is 14.2 Å². The highest BCUT2D eigenvalue weighted by Crippen LogP contribution is 2.30. The van der Waals surface area contributed by atoms with Gasteiger partial charge in [-0.1, -0.05) is 18.9 Å². The van der Waals surface area contributed by atoms with Crippen LogP contribution in [0.3, 0.4) is 0 Å². The molecule has 1 saturated carbocycles. The average Bonchev–Trinajstić information content (AvgIpc) is 3.00. The summed E-state index contributed by atoms with van der Waals surface area (Å²) in [6.07, 6.45) is 4.71. The zero-order chi connectivity index (χ0) is 18.5. The zero-order valence-corrected chi connectivity index (χ0v) is 15.6. The standard InChI is InChI=1S/C20H29NO5/c1-24-18-8-7-14(11-19(18)25-2)9-10-26-17-6-4-3-5-16(17)21-13-15(22)12-20(21)23/h7-8,11,15-17,22H,3-6,9-10,12-13H2,1-2H3/t15?,16-,17?/m1/s1. The number of amides is 1. The van der Waals surface area contributed by atoms with Crippen LogP contribution in [0.25, 0.3) is 0 Å². The van der Waals surface area contributed by atoms with E-state index in [0.29, 0.717) is 13.2 Å². The first-order chi connectivity index (χ1) is 12.6. The van der Waals surface area contributed by atoms with Gasteiger partial charge < -0.3 is 24.2 Å². The number of nitrogens with zero attached hydrogens (tertiary/aromatic N) is 1. The van der Waals surface area contributed by atoms with E-state index in [1.807, 2.05) is 23.1 Å². The minimum absolute atomic E-state index is 0.0536. The van der Waals surface area contributed by atoms with Crippen LogP contribution in [-0.2, 0) is 16.0 Å². The number of ether oxygens (including phenoxy) is 3. The Balaban J connectivity index is 1.56. The topological polar surface area (TPSA) is 68.2 Å². The Morgan fingerprint density at radius 2 is 1.92 bits per heavy atom. The highest BCUT2D eigenvalue weighted by Gasteiger charge is 2.38. The predicted molar refractivity (Wildman–Crippen MR) is 97.6 cm³/mol. The summed E-state index contributed by atoms with van der Waals surface area (Å²) in [5.41, 5.74) is 1.13. The van der Waals surface area contributed by atoms with Gasteiger partial charge in [-0.15, -0.1) is 0 Å². The summed E-state index contributed by atoms with van der Waals surface area (Å²) in [5, 5.41) is 9.78. The van der Waals surface area contributed by atoms with Crippen molar-refractivity contribution in [2.45, 2.75) is 56.8 Å². The van der Waals surface area contributed by atoms with E-state index in [9.17, 15) is 9.90 Å². The molecule has 0 radical (unpaired) electrons. The number of β-amino-alcohol motifs (C(OH)–C–C–N with tert-alkyl or cyclic N) is 1. The van der Waals surface area contributed by atoms with Crippen LogP contribution in [0, 0.1) is 0 Å². The van der Waals surface area contributed by atoms with Crippen LogP contribution >= 0.6 is 0 Å². The number of hydrogen-bond acceptors (Lipinski definition) is 5. The minimum Gasteiger partial charge on any atom is -0.493 e. The van der Waals surface area contributed by atoms with Crippen molar-refractivity contribution in [1.82, 2.24) is 4.90 Å². The van der Waals surface area contributed by atoms with Crippen molar-refractivity contribution in [1.29, 1.82) is 0 Å². The van der Waals surface area contributed by atoms with E-state index >= 15 is 0 Å². The van der Waals surface area contributed by atoms with Gasteiger partial charge in [0.1, 0.15) is 0 Å². The molecular weight excluding hydrogens is 334 g/mol. The van der Waals surface area contributed by atoms with Crippen molar-refractivity contribution in [3.05, 3.63) is 23.8 Å². The fraction of sp³-hybridized carbons (Fsp3) is 0.650. The second kappa shape index (κ2) is 8.73. The van der Waals surface area contributed by atoms with Gasteiger partial charge in [-0.3, -0.25) is 4.79 Å². The summed E-state index contributed by atoms with van der Waals surface area (Å²) >= 11 is 0. The molecule has 2 fully saturated rings. The molecule has 144 valence electrons. The van der Waals surface area contributed by atoms with Gasteiger partial charge in [-0.05, 0) is 37.0 Å². The van der Waals surface area contributed by atoms with Crippen LogP contribution < -0.4 is 9.47 Å². The number of aliphatic hydroxyl groups is 1. The molecule has 0 aromatic heterocycles. The van der Waals surface area contributed by atoms with Crippen molar-refractivity contribution in [2.75, 3.05) is 27.4 Å². The Kier molecular flexibility index (Phi) is 6.38. The average molecular weight is 363 g/mol. The Morgan fingerprint density at radius 1 is 1.15 bits per heavy atom. The Hall–Kier alpha value is -1.79. The molecule has 0 spiro atoms. The number of aliphatic hydroxyl groups excluding tert-OH is 1. The molecule has 0 bridgehead atoms. The number of benzene rings is 1. The van der Waals surface area contributed by atoms with E-state index in [-0.39, 0.29) is 24.5 Å². The first-order valence-corrected chi connectivity index (χ1v) is 9.42. The summed E-state index contributed by atoms with van der Waals surface area (Å²) in [6.45, 7) is 1.04.